The average Bonchev–Trinajstić information content (AvgIpc) is 2.87. The summed E-state index contributed by atoms with van der Waals surface area (Å²) in [6.45, 7) is 0.516. The Morgan fingerprint density at radius 3 is 2.53 bits per heavy atom. The minimum atomic E-state index is -0.174. The quantitative estimate of drug-likeness (QED) is 0.720. The largest absolute Gasteiger partial charge is 0.508 e. The van der Waals surface area contributed by atoms with Gasteiger partial charge >= 0.3 is 0 Å². The number of phenolic OH excluding ortho intramolecular Hbond substituents is 1. The topological polar surface area (TPSA) is 75.3 Å². The van der Waals surface area contributed by atoms with Gasteiger partial charge in [-0.2, -0.15) is 0 Å². The molecule has 1 aliphatic rings. The van der Waals surface area contributed by atoms with Crippen LogP contribution in [0.1, 0.15) is 25.7 Å². The molecule has 0 saturated heterocycles. The Morgan fingerprint density at radius 1 is 1.32 bits per heavy atom. The third kappa shape index (κ3) is 3.88. The van der Waals surface area contributed by atoms with E-state index in [0.29, 0.717) is 12.3 Å². The molecule has 2 rings (SSSR count). The molecule has 1 aromatic carbocycles. The smallest absolute Gasteiger partial charge is 0.230 e. The van der Waals surface area contributed by atoms with Gasteiger partial charge < -0.3 is 16.2 Å². The lowest BCUT2D eigenvalue weighted by atomic mass is 9.98. The zero-order valence-corrected chi connectivity index (χ0v) is 11.7. The molecule has 1 saturated carbocycles. The third-order valence-electron chi connectivity index (χ3n) is 3.56. The molecule has 5 heteroatoms. The van der Waals surface area contributed by atoms with Crippen molar-refractivity contribution in [3.05, 3.63) is 24.3 Å². The number of rotatable bonds is 5. The fraction of sp³-hybridized carbons (Fsp3) is 0.500. The van der Waals surface area contributed by atoms with Crippen LogP contribution in [-0.4, -0.2) is 28.9 Å². The second-order valence-corrected chi connectivity index (χ2v) is 6.07. The first-order chi connectivity index (χ1) is 9.13. The number of hydrogen-bond donors (Lipinski definition) is 3. The van der Waals surface area contributed by atoms with E-state index in [-0.39, 0.29) is 17.2 Å². The Morgan fingerprint density at radius 2 is 1.95 bits per heavy atom. The van der Waals surface area contributed by atoms with Gasteiger partial charge in [-0.1, -0.05) is 12.8 Å². The van der Waals surface area contributed by atoms with Crippen LogP contribution in [-0.2, 0) is 4.79 Å². The molecular weight excluding hydrogens is 260 g/mol. The molecule has 104 valence electrons. The number of aromatic hydroxyl groups is 1. The van der Waals surface area contributed by atoms with Crippen LogP contribution in [0.2, 0.25) is 0 Å². The van der Waals surface area contributed by atoms with Crippen LogP contribution in [0.3, 0.4) is 0 Å². The summed E-state index contributed by atoms with van der Waals surface area (Å²) in [5.74, 6) is 0.652. The summed E-state index contributed by atoms with van der Waals surface area (Å²) in [5, 5.41) is 12.3. The molecule has 0 aromatic heterocycles. The van der Waals surface area contributed by atoms with Gasteiger partial charge in [0.15, 0.2) is 0 Å². The van der Waals surface area contributed by atoms with Crippen molar-refractivity contribution in [2.24, 2.45) is 5.73 Å². The summed E-state index contributed by atoms with van der Waals surface area (Å²) in [7, 11) is 0. The van der Waals surface area contributed by atoms with Gasteiger partial charge in [-0.25, -0.2) is 0 Å². The Kier molecular flexibility index (Phi) is 4.71. The lowest BCUT2D eigenvalue weighted by Gasteiger charge is -2.28. The van der Waals surface area contributed by atoms with Crippen LogP contribution in [0.4, 0.5) is 0 Å². The maximum atomic E-state index is 12.0. The summed E-state index contributed by atoms with van der Waals surface area (Å²) in [6, 6.07) is 6.86. The number of amides is 1. The third-order valence-corrected chi connectivity index (χ3v) is 4.57. The van der Waals surface area contributed by atoms with Crippen molar-refractivity contribution in [2.45, 2.75) is 36.1 Å². The number of phenols is 1. The van der Waals surface area contributed by atoms with Crippen LogP contribution < -0.4 is 11.1 Å². The summed E-state index contributed by atoms with van der Waals surface area (Å²) in [6.07, 6.45) is 4.25. The number of hydrogen-bond acceptors (Lipinski definition) is 4. The van der Waals surface area contributed by atoms with Crippen LogP contribution in [0.25, 0.3) is 0 Å². The maximum absolute atomic E-state index is 12.0. The van der Waals surface area contributed by atoms with Crippen LogP contribution in [0.5, 0.6) is 5.75 Å². The molecule has 4 N–H and O–H groups in total. The van der Waals surface area contributed by atoms with Gasteiger partial charge in [0.1, 0.15) is 5.75 Å². The minimum absolute atomic E-state index is 0.0328. The molecule has 0 aliphatic heterocycles. The molecular formula is C14H20N2O2S. The Bertz CT molecular complexity index is 428. The second kappa shape index (κ2) is 6.30. The molecule has 1 fully saturated rings. The highest BCUT2D eigenvalue weighted by atomic mass is 32.2. The van der Waals surface area contributed by atoms with Crippen molar-refractivity contribution in [1.82, 2.24) is 5.32 Å². The predicted molar refractivity (Wildman–Crippen MR) is 77.2 cm³/mol. The zero-order valence-electron chi connectivity index (χ0n) is 10.9. The van der Waals surface area contributed by atoms with E-state index in [4.69, 9.17) is 5.73 Å². The molecule has 1 aliphatic carbocycles. The molecule has 1 amide bonds. The van der Waals surface area contributed by atoms with Gasteiger partial charge in [-0.15, -0.1) is 11.8 Å². The van der Waals surface area contributed by atoms with Gasteiger partial charge in [-0.05, 0) is 37.1 Å². The highest BCUT2D eigenvalue weighted by Crippen LogP contribution is 2.29. The van der Waals surface area contributed by atoms with Gasteiger partial charge in [0.05, 0.1) is 11.3 Å². The number of benzene rings is 1. The highest BCUT2D eigenvalue weighted by Gasteiger charge is 2.33. The lowest BCUT2D eigenvalue weighted by Crippen LogP contribution is -2.52. The van der Waals surface area contributed by atoms with E-state index < -0.39 is 0 Å². The van der Waals surface area contributed by atoms with E-state index in [1.807, 2.05) is 12.1 Å². The Labute approximate surface area is 117 Å². The second-order valence-electron chi connectivity index (χ2n) is 5.02. The first-order valence-corrected chi connectivity index (χ1v) is 7.55. The molecule has 4 nitrogen and oxygen atoms in total. The first-order valence-electron chi connectivity index (χ1n) is 6.56. The fourth-order valence-corrected chi connectivity index (χ4v) is 3.15. The van der Waals surface area contributed by atoms with E-state index in [1.165, 1.54) is 11.8 Å². The van der Waals surface area contributed by atoms with Gasteiger partial charge in [0.2, 0.25) is 5.91 Å². The minimum Gasteiger partial charge on any atom is -0.508 e. The molecule has 0 spiro atoms. The summed E-state index contributed by atoms with van der Waals surface area (Å²) < 4.78 is 0. The molecule has 0 unspecified atom stereocenters. The van der Waals surface area contributed by atoms with Crippen molar-refractivity contribution < 1.29 is 9.90 Å². The van der Waals surface area contributed by atoms with Crippen molar-refractivity contribution >= 4 is 17.7 Å². The van der Waals surface area contributed by atoms with Crippen molar-refractivity contribution in [2.75, 3.05) is 12.3 Å². The highest BCUT2D eigenvalue weighted by molar-refractivity contribution is 8.00. The standard InChI is InChI=1S/C14H20N2O2S/c15-10-14(7-1-2-8-14)16-13(18)9-19-12-5-3-11(17)4-6-12/h3-6,17H,1-2,7-10,15H2,(H,16,18). The van der Waals surface area contributed by atoms with Crippen LogP contribution >= 0.6 is 11.8 Å². The van der Waals surface area contributed by atoms with Crippen molar-refractivity contribution in [1.29, 1.82) is 0 Å². The van der Waals surface area contributed by atoms with Crippen molar-refractivity contribution in [3.8, 4) is 5.75 Å². The number of thioether (sulfide) groups is 1. The van der Waals surface area contributed by atoms with Crippen molar-refractivity contribution in [3.63, 3.8) is 0 Å². The van der Waals surface area contributed by atoms with Crippen LogP contribution in [0.15, 0.2) is 29.2 Å². The summed E-state index contributed by atoms with van der Waals surface area (Å²) in [4.78, 5) is 12.9. The number of carbonyl (C=O) groups excluding carboxylic acids is 1. The average molecular weight is 280 g/mol. The monoisotopic (exact) mass is 280 g/mol. The van der Waals surface area contributed by atoms with E-state index >= 15 is 0 Å². The van der Waals surface area contributed by atoms with Gasteiger partial charge in [0.25, 0.3) is 0 Å². The lowest BCUT2D eigenvalue weighted by molar-refractivity contribution is -0.120. The Hall–Kier alpha value is -1.20. The van der Waals surface area contributed by atoms with Crippen LogP contribution in [0, 0.1) is 0 Å². The SMILES string of the molecule is NCC1(NC(=O)CSc2ccc(O)cc2)CCCC1. The number of nitrogens with two attached hydrogens (primary N) is 1. The molecule has 19 heavy (non-hydrogen) atoms. The van der Waals surface area contributed by atoms with E-state index in [2.05, 4.69) is 5.32 Å². The molecule has 0 bridgehead atoms. The molecule has 0 atom stereocenters. The fourth-order valence-electron chi connectivity index (χ4n) is 2.46. The first kappa shape index (κ1) is 14.2. The van der Waals surface area contributed by atoms with E-state index in [1.54, 1.807) is 12.1 Å². The molecule has 0 heterocycles. The molecule has 1 aromatic rings. The Balaban J connectivity index is 1.82. The summed E-state index contributed by atoms with van der Waals surface area (Å²) in [5.41, 5.74) is 5.62. The summed E-state index contributed by atoms with van der Waals surface area (Å²) >= 11 is 1.47. The van der Waals surface area contributed by atoms with E-state index in [0.717, 1.165) is 30.6 Å². The zero-order chi connectivity index (χ0) is 13.7. The predicted octanol–water partition coefficient (Wildman–Crippen LogP) is 1.87. The normalized spacial score (nSPS) is 17.3. The maximum Gasteiger partial charge on any atom is 0.230 e. The molecule has 0 radical (unpaired) electrons. The van der Waals surface area contributed by atoms with Gasteiger partial charge in [0, 0.05) is 11.4 Å². The van der Waals surface area contributed by atoms with E-state index in [9.17, 15) is 9.90 Å². The van der Waals surface area contributed by atoms with Gasteiger partial charge in [-0.3, -0.25) is 4.79 Å². The number of nitrogens with one attached hydrogen (secondary N) is 1. The number of carbonyl (C=O) groups is 1.